The van der Waals surface area contributed by atoms with Crippen molar-refractivity contribution in [3.8, 4) is 17.2 Å². The topological polar surface area (TPSA) is 78.1 Å². The first-order valence-electron chi connectivity index (χ1n) is 6.40. The summed E-state index contributed by atoms with van der Waals surface area (Å²) < 4.78 is 59.2. The fraction of sp³-hybridized carbons (Fsp3) is 0.357. The second-order valence-corrected chi connectivity index (χ2v) is 4.92. The zero-order valence-electron chi connectivity index (χ0n) is 12.0. The number of hydrogen-bond donors (Lipinski definition) is 1. The van der Waals surface area contributed by atoms with E-state index >= 15 is 0 Å². The first-order valence-corrected chi connectivity index (χ1v) is 6.40. The number of halogens is 3. The minimum Gasteiger partial charge on any atom is -0.495 e. The summed E-state index contributed by atoms with van der Waals surface area (Å²) in [5, 5.41) is 10.1. The Kier molecular flexibility index (Phi) is 3.22. The number of Topliss-reactive ketones (excluding diaryl/α,β-unsaturated/α-hetero) is 1. The van der Waals surface area contributed by atoms with Crippen LogP contribution in [0, 0.1) is 0 Å². The Bertz CT molecular complexity index is 794. The lowest BCUT2D eigenvalue weighted by Gasteiger charge is -2.35. The number of fused-ring (bicyclic) bond motifs is 2. The Labute approximate surface area is 127 Å². The lowest BCUT2D eigenvalue weighted by atomic mass is 9.95. The van der Waals surface area contributed by atoms with E-state index in [2.05, 4.69) is 0 Å². The number of ketones is 1. The molecule has 2 heterocycles. The predicted molar refractivity (Wildman–Crippen MR) is 69.9 cm³/mol. The highest BCUT2D eigenvalue weighted by Crippen LogP contribution is 2.52. The van der Waals surface area contributed by atoms with Gasteiger partial charge in [-0.1, -0.05) is 0 Å². The number of carbonyl (C=O) groups excluding carboxylic acids is 1. The van der Waals surface area contributed by atoms with Crippen LogP contribution >= 0.6 is 0 Å². The van der Waals surface area contributed by atoms with Crippen molar-refractivity contribution in [1.82, 2.24) is 0 Å². The van der Waals surface area contributed by atoms with E-state index < -0.39 is 29.9 Å². The van der Waals surface area contributed by atoms with Crippen LogP contribution < -0.4 is 14.2 Å². The number of hydrogen-bond acceptors (Lipinski definition) is 6. The van der Waals surface area contributed by atoms with Crippen LogP contribution in [0.2, 0.25) is 0 Å². The van der Waals surface area contributed by atoms with Gasteiger partial charge in [0.2, 0.25) is 5.75 Å². The standard InChI is InChI=1S/C14H11F3O6/c1-20-9-6-3-4-22-10(6)12(21-2)11-8(9)7(18)5-13(19,23-11)14(15,16)17/h3-4,19H,5H2,1-2H3/t13-/m1/s1. The molecule has 1 aromatic carbocycles. The molecule has 0 saturated heterocycles. The average molecular weight is 332 g/mol. The highest BCUT2D eigenvalue weighted by molar-refractivity contribution is 6.10. The summed E-state index contributed by atoms with van der Waals surface area (Å²) in [7, 11) is 2.44. The van der Waals surface area contributed by atoms with Crippen molar-refractivity contribution in [2.24, 2.45) is 0 Å². The molecule has 0 saturated carbocycles. The summed E-state index contributed by atoms with van der Waals surface area (Å²) in [5.41, 5.74) is -0.186. The van der Waals surface area contributed by atoms with E-state index in [1.807, 2.05) is 0 Å². The summed E-state index contributed by atoms with van der Waals surface area (Å²) in [6.07, 6.45) is -5.19. The number of methoxy groups -OCH3 is 2. The van der Waals surface area contributed by atoms with Gasteiger partial charge in [0.05, 0.1) is 32.3 Å². The van der Waals surface area contributed by atoms with Crippen molar-refractivity contribution in [3.63, 3.8) is 0 Å². The first kappa shape index (κ1) is 15.5. The van der Waals surface area contributed by atoms with Crippen molar-refractivity contribution in [2.75, 3.05) is 14.2 Å². The Morgan fingerprint density at radius 1 is 1.26 bits per heavy atom. The number of carbonyl (C=O) groups is 1. The number of alkyl halides is 3. The fourth-order valence-electron chi connectivity index (χ4n) is 2.54. The number of ether oxygens (including phenoxy) is 3. The van der Waals surface area contributed by atoms with Crippen LogP contribution in [0.15, 0.2) is 16.7 Å². The van der Waals surface area contributed by atoms with Gasteiger partial charge in [-0.25, -0.2) is 0 Å². The van der Waals surface area contributed by atoms with Gasteiger partial charge < -0.3 is 23.7 Å². The molecule has 0 amide bonds. The van der Waals surface area contributed by atoms with Crippen molar-refractivity contribution in [2.45, 2.75) is 18.4 Å². The molecule has 124 valence electrons. The molecular weight excluding hydrogens is 321 g/mol. The minimum absolute atomic E-state index is 0.00113. The maximum absolute atomic E-state index is 13.0. The molecule has 0 spiro atoms. The van der Waals surface area contributed by atoms with Crippen LogP contribution in [-0.2, 0) is 0 Å². The second-order valence-electron chi connectivity index (χ2n) is 4.92. The lowest BCUT2D eigenvalue weighted by Crippen LogP contribution is -2.54. The van der Waals surface area contributed by atoms with Gasteiger partial charge in [-0.3, -0.25) is 4.79 Å². The molecule has 0 radical (unpaired) electrons. The smallest absolute Gasteiger partial charge is 0.455 e. The summed E-state index contributed by atoms with van der Waals surface area (Å²) >= 11 is 0. The van der Waals surface area contributed by atoms with E-state index in [0.29, 0.717) is 5.39 Å². The number of aliphatic hydroxyl groups is 1. The molecule has 2 aromatic rings. The molecule has 0 bridgehead atoms. The number of rotatable bonds is 2. The third-order valence-electron chi connectivity index (χ3n) is 3.58. The third kappa shape index (κ3) is 2.03. The third-order valence-corrected chi connectivity index (χ3v) is 3.58. The van der Waals surface area contributed by atoms with Crippen LogP contribution in [0.25, 0.3) is 11.0 Å². The van der Waals surface area contributed by atoms with Gasteiger partial charge in [0, 0.05) is 0 Å². The molecule has 9 heteroatoms. The highest BCUT2D eigenvalue weighted by Gasteiger charge is 2.61. The van der Waals surface area contributed by atoms with Crippen molar-refractivity contribution in [3.05, 3.63) is 17.9 Å². The van der Waals surface area contributed by atoms with E-state index in [1.165, 1.54) is 26.5 Å². The van der Waals surface area contributed by atoms with Gasteiger partial charge in [-0.05, 0) is 6.07 Å². The zero-order chi connectivity index (χ0) is 17.0. The van der Waals surface area contributed by atoms with E-state index in [0.717, 1.165) is 0 Å². The van der Waals surface area contributed by atoms with Crippen LogP contribution in [0.1, 0.15) is 16.8 Å². The Morgan fingerprint density at radius 3 is 2.48 bits per heavy atom. The molecule has 1 aromatic heterocycles. The molecule has 0 unspecified atom stereocenters. The van der Waals surface area contributed by atoms with Crippen molar-refractivity contribution < 1.29 is 41.7 Å². The minimum atomic E-state index is -5.17. The highest BCUT2D eigenvalue weighted by atomic mass is 19.4. The van der Waals surface area contributed by atoms with Gasteiger partial charge in [0.1, 0.15) is 11.3 Å². The maximum Gasteiger partial charge on any atom is 0.455 e. The van der Waals surface area contributed by atoms with Crippen molar-refractivity contribution in [1.29, 1.82) is 0 Å². The van der Waals surface area contributed by atoms with Crippen LogP contribution in [0.3, 0.4) is 0 Å². The Balaban J connectivity index is 2.35. The van der Waals surface area contributed by atoms with Crippen molar-refractivity contribution >= 4 is 16.8 Å². The molecule has 0 fully saturated rings. The molecule has 3 rings (SSSR count). The van der Waals surface area contributed by atoms with Crippen LogP contribution in [0.5, 0.6) is 17.2 Å². The summed E-state index contributed by atoms with van der Waals surface area (Å²) in [4.78, 5) is 12.3. The molecule has 6 nitrogen and oxygen atoms in total. The number of furan rings is 1. The fourth-order valence-corrected chi connectivity index (χ4v) is 2.54. The largest absolute Gasteiger partial charge is 0.495 e. The van der Waals surface area contributed by atoms with E-state index in [1.54, 1.807) is 0 Å². The SMILES string of the molecule is COc1c2c(c(OC)c3occc13)O[C@@](O)(C(F)(F)F)CC2=O. The monoisotopic (exact) mass is 332 g/mol. The Morgan fingerprint density at radius 2 is 1.91 bits per heavy atom. The van der Waals surface area contributed by atoms with Gasteiger partial charge in [-0.2, -0.15) is 13.2 Å². The zero-order valence-corrected chi connectivity index (χ0v) is 12.0. The molecule has 23 heavy (non-hydrogen) atoms. The van der Waals surface area contributed by atoms with E-state index in [9.17, 15) is 23.1 Å². The number of benzene rings is 1. The molecule has 1 atom stereocenters. The second kappa shape index (κ2) is 4.79. The summed E-state index contributed by atoms with van der Waals surface area (Å²) in [6.45, 7) is 0. The molecule has 1 N–H and O–H groups in total. The van der Waals surface area contributed by atoms with Gasteiger partial charge in [0.15, 0.2) is 17.1 Å². The Hall–Kier alpha value is -2.42. The summed E-state index contributed by atoms with van der Waals surface area (Å²) in [6, 6.07) is 1.48. The average Bonchev–Trinajstić information content (AvgIpc) is 2.92. The van der Waals surface area contributed by atoms with Crippen LogP contribution in [0.4, 0.5) is 13.2 Å². The molecule has 1 aliphatic heterocycles. The van der Waals surface area contributed by atoms with Gasteiger partial charge in [-0.15, -0.1) is 0 Å². The van der Waals surface area contributed by atoms with Gasteiger partial charge >= 0.3 is 12.0 Å². The normalized spacial score (nSPS) is 21.0. The quantitative estimate of drug-likeness (QED) is 0.911. The predicted octanol–water partition coefficient (Wildman–Crippen LogP) is 2.67. The maximum atomic E-state index is 13.0. The summed E-state index contributed by atoms with van der Waals surface area (Å²) in [5.74, 6) is -5.42. The lowest BCUT2D eigenvalue weighted by molar-refractivity contribution is -0.334. The van der Waals surface area contributed by atoms with E-state index in [-0.39, 0.29) is 22.6 Å². The first-order chi connectivity index (χ1) is 10.7. The van der Waals surface area contributed by atoms with Crippen LogP contribution in [-0.4, -0.2) is 37.1 Å². The molecule has 1 aliphatic rings. The molecular formula is C14H11F3O6. The molecule has 0 aliphatic carbocycles. The van der Waals surface area contributed by atoms with E-state index in [4.69, 9.17) is 18.6 Å². The van der Waals surface area contributed by atoms with Gasteiger partial charge in [0.25, 0.3) is 0 Å².